The number of ether oxygens (including phenoxy) is 1. The first-order valence-electron chi connectivity index (χ1n) is 5.28. The summed E-state index contributed by atoms with van der Waals surface area (Å²) >= 11 is 0. The molecule has 4 heteroatoms. The molecule has 0 spiro atoms. The third-order valence-corrected chi connectivity index (χ3v) is 2.19. The molecule has 0 unspecified atom stereocenters. The number of likely N-dealkylation sites (N-methyl/N-ethyl adjacent to an activating group) is 1. The molecule has 0 fully saturated rings. The topological polar surface area (TPSA) is 53.3 Å². The van der Waals surface area contributed by atoms with E-state index in [4.69, 9.17) is 10.00 Å². The Labute approximate surface area is 91.8 Å². The molecule has 15 heavy (non-hydrogen) atoms. The van der Waals surface area contributed by atoms with E-state index in [0.29, 0.717) is 26.3 Å². The summed E-state index contributed by atoms with van der Waals surface area (Å²) in [5.74, 6) is -0.132. The summed E-state index contributed by atoms with van der Waals surface area (Å²) in [6.07, 6.45) is 0. The Morgan fingerprint density at radius 3 is 2.47 bits per heavy atom. The Bertz CT molecular complexity index is 243. The number of carbonyl (C=O) groups excluding carboxylic acids is 1. The minimum Gasteiger partial charge on any atom is -0.380 e. The van der Waals surface area contributed by atoms with Gasteiger partial charge in [-0.05, 0) is 27.7 Å². The first kappa shape index (κ1) is 13.9. The summed E-state index contributed by atoms with van der Waals surface area (Å²) < 4.78 is 5.19. The highest BCUT2D eigenvalue weighted by atomic mass is 16.5. The van der Waals surface area contributed by atoms with Crippen LogP contribution < -0.4 is 0 Å². The second kappa shape index (κ2) is 6.41. The summed E-state index contributed by atoms with van der Waals surface area (Å²) in [7, 11) is 0. The maximum Gasteiger partial charge on any atom is 0.242 e. The van der Waals surface area contributed by atoms with E-state index in [1.807, 2.05) is 19.9 Å². The van der Waals surface area contributed by atoms with Crippen molar-refractivity contribution in [1.29, 1.82) is 5.26 Å². The van der Waals surface area contributed by atoms with E-state index in [0.717, 1.165) is 0 Å². The van der Waals surface area contributed by atoms with E-state index in [9.17, 15) is 4.79 Å². The van der Waals surface area contributed by atoms with Crippen LogP contribution in [0.4, 0.5) is 0 Å². The standard InChI is InChI=1S/C11H20N2O2/c1-5-13(7-8-15-6-2)10(14)11(3,4)9-12/h5-8H2,1-4H3. The van der Waals surface area contributed by atoms with Crippen molar-refractivity contribution < 1.29 is 9.53 Å². The lowest BCUT2D eigenvalue weighted by atomic mass is 9.94. The first-order valence-corrected chi connectivity index (χ1v) is 5.28. The number of hydrogen-bond donors (Lipinski definition) is 0. The highest BCUT2D eigenvalue weighted by molar-refractivity contribution is 5.84. The Hall–Kier alpha value is -1.08. The maximum absolute atomic E-state index is 11.9. The molecule has 86 valence electrons. The van der Waals surface area contributed by atoms with E-state index in [1.165, 1.54) is 0 Å². The molecule has 0 bridgehead atoms. The number of nitrogens with zero attached hydrogens (tertiary/aromatic N) is 2. The van der Waals surface area contributed by atoms with Crippen molar-refractivity contribution in [2.45, 2.75) is 27.7 Å². The van der Waals surface area contributed by atoms with Gasteiger partial charge in [-0.25, -0.2) is 0 Å². The summed E-state index contributed by atoms with van der Waals surface area (Å²) in [5.41, 5.74) is -0.942. The predicted octanol–water partition coefficient (Wildman–Crippen LogP) is 1.42. The zero-order valence-corrected chi connectivity index (χ0v) is 10.0. The molecule has 0 aromatic rings. The highest BCUT2D eigenvalue weighted by Crippen LogP contribution is 2.17. The lowest BCUT2D eigenvalue weighted by molar-refractivity contribution is -0.138. The number of rotatable bonds is 6. The lowest BCUT2D eigenvalue weighted by Gasteiger charge is -2.26. The average Bonchev–Trinajstić information content (AvgIpc) is 2.23. The van der Waals surface area contributed by atoms with Crippen molar-refractivity contribution in [3.63, 3.8) is 0 Å². The van der Waals surface area contributed by atoms with Crippen LogP contribution in [-0.4, -0.2) is 37.1 Å². The van der Waals surface area contributed by atoms with Gasteiger partial charge in [-0.15, -0.1) is 0 Å². The van der Waals surface area contributed by atoms with Gasteiger partial charge in [-0.1, -0.05) is 0 Å². The quantitative estimate of drug-likeness (QED) is 0.626. The summed E-state index contributed by atoms with van der Waals surface area (Å²) in [6, 6.07) is 2.01. The van der Waals surface area contributed by atoms with Crippen molar-refractivity contribution in [3.05, 3.63) is 0 Å². The molecule has 0 saturated heterocycles. The third kappa shape index (κ3) is 4.30. The van der Waals surface area contributed by atoms with Crippen molar-refractivity contribution in [2.24, 2.45) is 5.41 Å². The van der Waals surface area contributed by atoms with E-state index in [2.05, 4.69) is 0 Å². The summed E-state index contributed by atoms with van der Waals surface area (Å²) in [6.45, 7) is 9.42. The molecule has 0 heterocycles. The Kier molecular flexibility index (Phi) is 5.95. The molecule has 0 N–H and O–H groups in total. The van der Waals surface area contributed by atoms with Crippen LogP contribution in [0.2, 0.25) is 0 Å². The van der Waals surface area contributed by atoms with E-state index in [-0.39, 0.29) is 5.91 Å². The van der Waals surface area contributed by atoms with Gasteiger partial charge in [-0.2, -0.15) is 5.26 Å². The molecule has 4 nitrogen and oxygen atoms in total. The number of carbonyl (C=O) groups is 1. The molecule has 0 aromatic carbocycles. The van der Waals surface area contributed by atoms with Crippen LogP contribution in [0, 0.1) is 16.7 Å². The Morgan fingerprint density at radius 1 is 1.47 bits per heavy atom. The molecular formula is C11H20N2O2. The highest BCUT2D eigenvalue weighted by Gasteiger charge is 2.30. The average molecular weight is 212 g/mol. The van der Waals surface area contributed by atoms with Gasteiger partial charge in [0.25, 0.3) is 0 Å². The largest absolute Gasteiger partial charge is 0.380 e. The van der Waals surface area contributed by atoms with Crippen LogP contribution in [0.15, 0.2) is 0 Å². The van der Waals surface area contributed by atoms with Gasteiger partial charge in [0.05, 0.1) is 12.7 Å². The Balaban J connectivity index is 4.30. The first-order chi connectivity index (χ1) is 6.99. The van der Waals surface area contributed by atoms with Gasteiger partial charge >= 0.3 is 0 Å². The fourth-order valence-electron chi connectivity index (χ4n) is 1.17. The molecular weight excluding hydrogens is 192 g/mol. The van der Waals surface area contributed by atoms with Crippen LogP contribution in [0.5, 0.6) is 0 Å². The van der Waals surface area contributed by atoms with Gasteiger partial charge in [0.1, 0.15) is 5.41 Å². The van der Waals surface area contributed by atoms with Crippen LogP contribution in [0.1, 0.15) is 27.7 Å². The van der Waals surface area contributed by atoms with E-state index in [1.54, 1.807) is 18.7 Å². The molecule has 0 saturated carbocycles. The zero-order chi connectivity index (χ0) is 11.9. The molecule has 1 amide bonds. The van der Waals surface area contributed by atoms with Crippen molar-refractivity contribution in [2.75, 3.05) is 26.3 Å². The van der Waals surface area contributed by atoms with Crippen LogP contribution in [-0.2, 0) is 9.53 Å². The molecule has 0 aliphatic rings. The van der Waals surface area contributed by atoms with Crippen LogP contribution >= 0.6 is 0 Å². The van der Waals surface area contributed by atoms with Crippen molar-refractivity contribution >= 4 is 5.91 Å². The van der Waals surface area contributed by atoms with Crippen molar-refractivity contribution in [1.82, 2.24) is 4.90 Å². The van der Waals surface area contributed by atoms with E-state index < -0.39 is 5.41 Å². The summed E-state index contributed by atoms with van der Waals surface area (Å²) in [5, 5.41) is 8.85. The molecule has 0 aliphatic heterocycles. The van der Waals surface area contributed by atoms with Gasteiger partial charge in [-0.3, -0.25) is 4.79 Å². The third-order valence-electron chi connectivity index (χ3n) is 2.19. The monoisotopic (exact) mass is 212 g/mol. The SMILES string of the molecule is CCOCCN(CC)C(=O)C(C)(C)C#N. The number of amides is 1. The van der Waals surface area contributed by atoms with Gasteiger partial charge < -0.3 is 9.64 Å². The second-order valence-corrected chi connectivity index (χ2v) is 3.82. The van der Waals surface area contributed by atoms with Crippen LogP contribution in [0.3, 0.4) is 0 Å². The molecule has 0 aromatic heterocycles. The zero-order valence-electron chi connectivity index (χ0n) is 10.0. The molecule has 0 radical (unpaired) electrons. The lowest BCUT2D eigenvalue weighted by Crippen LogP contribution is -2.41. The normalized spacial score (nSPS) is 10.9. The predicted molar refractivity (Wildman–Crippen MR) is 58.1 cm³/mol. The molecule has 0 rings (SSSR count). The fourth-order valence-corrected chi connectivity index (χ4v) is 1.17. The van der Waals surface area contributed by atoms with Gasteiger partial charge in [0.2, 0.25) is 5.91 Å². The minimum absolute atomic E-state index is 0.132. The smallest absolute Gasteiger partial charge is 0.242 e. The van der Waals surface area contributed by atoms with Crippen molar-refractivity contribution in [3.8, 4) is 6.07 Å². The van der Waals surface area contributed by atoms with Gasteiger partial charge in [0, 0.05) is 19.7 Å². The maximum atomic E-state index is 11.9. The minimum atomic E-state index is -0.942. The molecule has 0 atom stereocenters. The second-order valence-electron chi connectivity index (χ2n) is 3.82. The fraction of sp³-hybridized carbons (Fsp3) is 0.818. The number of nitriles is 1. The number of hydrogen-bond acceptors (Lipinski definition) is 3. The van der Waals surface area contributed by atoms with Crippen LogP contribution in [0.25, 0.3) is 0 Å². The van der Waals surface area contributed by atoms with E-state index >= 15 is 0 Å². The van der Waals surface area contributed by atoms with Gasteiger partial charge in [0.15, 0.2) is 0 Å². The Morgan fingerprint density at radius 2 is 2.07 bits per heavy atom. The summed E-state index contributed by atoms with van der Waals surface area (Å²) in [4.78, 5) is 13.5. The molecule has 0 aliphatic carbocycles.